The van der Waals surface area contributed by atoms with Crippen molar-refractivity contribution < 1.29 is 29.0 Å². The van der Waals surface area contributed by atoms with Gasteiger partial charge in [-0.15, -0.1) is 0 Å². The standard InChI is InChI=1S/C22H29NO6/c1-3-17(26)6-7-19(14(2)25)23-12-15-4-5-16(13-24)21(20(15)22(23)27)29-18-8-10-28-11-9-18/h4-5,18-19,24H,3,6-13H2,1-2H3. The molecular formula is C22H29NO6. The first-order chi connectivity index (χ1) is 14.0. The van der Waals surface area contributed by atoms with Crippen LogP contribution >= 0.6 is 0 Å². The van der Waals surface area contributed by atoms with Crippen LogP contribution in [0.4, 0.5) is 0 Å². The molecular weight excluding hydrogens is 374 g/mol. The van der Waals surface area contributed by atoms with E-state index >= 15 is 0 Å². The molecule has 1 fully saturated rings. The summed E-state index contributed by atoms with van der Waals surface area (Å²) >= 11 is 0. The Morgan fingerprint density at radius 1 is 1.31 bits per heavy atom. The normalized spacial score (nSPS) is 17.9. The molecule has 7 nitrogen and oxygen atoms in total. The van der Waals surface area contributed by atoms with Crippen molar-refractivity contribution in [2.45, 2.75) is 71.2 Å². The van der Waals surface area contributed by atoms with Crippen LogP contribution in [-0.4, -0.2) is 52.8 Å². The summed E-state index contributed by atoms with van der Waals surface area (Å²) in [6.45, 7) is 4.52. The number of carbonyl (C=O) groups is 3. The fraction of sp³-hybridized carbons (Fsp3) is 0.591. The minimum Gasteiger partial charge on any atom is -0.489 e. The van der Waals surface area contributed by atoms with Crippen LogP contribution in [0.1, 0.15) is 67.4 Å². The van der Waals surface area contributed by atoms with Gasteiger partial charge in [0.2, 0.25) is 0 Å². The van der Waals surface area contributed by atoms with Crippen LogP contribution in [0.3, 0.4) is 0 Å². The molecule has 2 aliphatic heterocycles. The average Bonchev–Trinajstić information content (AvgIpc) is 3.05. The molecule has 1 atom stereocenters. The lowest BCUT2D eigenvalue weighted by atomic mass is 10.0. The molecule has 1 N–H and O–H groups in total. The van der Waals surface area contributed by atoms with Crippen LogP contribution in [0, 0.1) is 0 Å². The van der Waals surface area contributed by atoms with Crippen molar-refractivity contribution in [3.63, 3.8) is 0 Å². The molecule has 158 valence electrons. The second-order valence-electron chi connectivity index (χ2n) is 7.67. The fourth-order valence-corrected chi connectivity index (χ4v) is 3.96. The molecule has 0 radical (unpaired) electrons. The number of carbonyl (C=O) groups excluding carboxylic acids is 3. The van der Waals surface area contributed by atoms with E-state index < -0.39 is 6.04 Å². The molecule has 7 heteroatoms. The number of aliphatic hydroxyl groups excluding tert-OH is 1. The van der Waals surface area contributed by atoms with Crippen molar-refractivity contribution in [3.05, 3.63) is 28.8 Å². The maximum absolute atomic E-state index is 13.3. The average molecular weight is 403 g/mol. The second-order valence-corrected chi connectivity index (χ2v) is 7.67. The van der Waals surface area contributed by atoms with Gasteiger partial charge in [0, 0.05) is 37.8 Å². The van der Waals surface area contributed by atoms with Crippen molar-refractivity contribution in [2.75, 3.05) is 13.2 Å². The van der Waals surface area contributed by atoms with E-state index in [1.54, 1.807) is 13.0 Å². The van der Waals surface area contributed by atoms with Gasteiger partial charge in [0.15, 0.2) is 5.78 Å². The van der Waals surface area contributed by atoms with Gasteiger partial charge in [-0.2, -0.15) is 0 Å². The largest absolute Gasteiger partial charge is 0.489 e. The van der Waals surface area contributed by atoms with E-state index in [1.807, 2.05) is 6.07 Å². The molecule has 0 aliphatic carbocycles. The highest BCUT2D eigenvalue weighted by molar-refractivity contribution is 6.03. The number of hydrogen-bond acceptors (Lipinski definition) is 6. The summed E-state index contributed by atoms with van der Waals surface area (Å²) in [7, 11) is 0. The lowest BCUT2D eigenvalue weighted by Gasteiger charge is -2.27. The Hall–Kier alpha value is -2.25. The lowest BCUT2D eigenvalue weighted by Crippen LogP contribution is -2.40. The van der Waals surface area contributed by atoms with Gasteiger partial charge < -0.3 is 19.5 Å². The fourth-order valence-electron chi connectivity index (χ4n) is 3.96. The number of rotatable bonds is 9. The van der Waals surface area contributed by atoms with E-state index in [0.29, 0.717) is 49.5 Å². The summed E-state index contributed by atoms with van der Waals surface area (Å²) in [4.78, 5) is 38.8. The third kappa shape index (κ3) is 4.67. The van der Waals surface area contributed by atoms with E-state index in [2.05, 4.69) is 0 Å². The highest BCUT2D eigenvalue weighted by atomic mass is 16.5. The van der Waals surface area contributed by atoms with E-state index in [1.165, 1.54) is 11.8 Å². The number of benzene rings is 1. The van der Waals surface area contributed by atoms with E-state index in [-0.39, 0.29) is 36.6 Å². The maximum Gasteiger partial charge on any atom is 0.258 e. The number of amides is 1. The van der Waals surface area contributed by atoms with Gasteiger partial charge in [-0.05, 0) is 18.9 Å². The van der Waals surface area contributed by atoms with Crippen LogP contribution < -0.4 is 4.74 Å². The quantitative estimate of drug-likeness (QED) is 0.681. The highest BCUT2D eigenvalue weighted by Gasteiger charge is 2.38. The molecule has 1 unspecified atom stereocenters. The van der Waals surface area contributed by atoms with Gasteiger partial charge in [-0.3, -0.25) is 14.4 Å². The van der Waals surface area contributed by atoms with Gasteiger partial charge in [0.05, 0.1) is 31.4 Å². The Labute approximate surface area is 171 Å². The molecule has 1 aromatic carbocycles. The van der Waals surface area contributed by atoms with Crippen LogP contribution in [0.5, 0.6) is 5.75 Å². The number of nitrogens with zero attached hydrogens (tertiary/aromatic N) is 1. The van der Waals surface area contributed by atoms with Gasteiger partial charge in [-0.25, -0.2) is 0 Å². The zero-order valence-electron chi connectivity index (χ0n) is 17.1. The predicted molar refractivity (Wildman–Crippen MR) is 106 cm³/mol. The summed E-state index contributed by atoms with van der Waals surface area (Å²) in [5.41, 5.74) is 1.77. The van der Waals surface area contributed by atoms with Gasteiger partial charge in [0.25, 0.3) is 5.91 Å². The Kier molecular flexibility index (Phi) is 7.03. The third-order valence-corrected chi connectivity index (χ3v) is 5.70. The van der Waals surface area contributed by atoms with Gasteiger partial charge in [0.1, 0.15) is 17.6 Å². The van der Waals surface area contributed by atoms with Crippen molar-refractivity contribution in [3.8, 4) is 5.75 Å². The topological polar surface area (TPSA) is 93.1 Å². The number of fused-ring (bicyclic) bond motifs is 1. The van der Waals surface area contributed by atoms with Crippen LogP contribution in [0.25, 0.3) is 0 Å². The second kappa shape index (κ2) is 9.50. The van der Waals surface area contributed by atoms with E-state index in [4.69, 9.17) is 9.47 Å². The molecule has 0 aromatic heterocycles. The molecule has 1 amide bonds. The summed E-state index contributed by atoms with van der Waals surface area (Å²) in [5, 5.41) is 9.78. The minimum absolute atomic E-state index is 0.0755. The number of ketones is 2. The third-order valence-electron chi connectivity index (χ3n) is 5.70. The van der Waals surface area contributed by atoms with Crippen molar-refractivity contribution in [1.82, 2.24) is 4.90 Å². The molecule has 2 heterocycles. The minimum atomic E-state index is -0.640. The summed E-state index contributed by atoms with van der Waals surface area (Å²) in [5.74, 6) is 0.0775. The molecule has 0 spiro atoms. The maximum atomic E-state index is 13.3. The van der Waals surface area contributed by atoms with Crippen molar-refractivity contribution in [2.24, 2.45) is 0 Å². The molecule has 0 bridgehead atoms. The van der Waals surface area contributed by atoms with Crippen LogP contribution in [0.15, 0.2) is 12.1 Å². The zero-order chi connectivity index (χ0) is 21.0. The zero-order valence-corrected chi connectivity index (χ0v) is 17.1. The number of aliphatic hydroxyl groups is 1. The first-order valence-corrected chi connectivity index (χ1v) is 10.3. The smallest absolute Gasteiger partial charge is 0.258 e. The van der Waals surface area contributed by atoms with E-state index in [0.717, 1.165) is 18.4 Å². The molecule has 0 saturated carbocycles. The molecule has 29 heavy (non-hydrogen) atoms. The van der Waals surface area contributed by atoms with Gasteiger partial charge >= 0.3 is 0 Å². The predicted octanol–water partition coefficient (Wildman–Crippen LogP) is 2.41. The van der Waals surface area contributed by atoms with Crippen molar-refractivity contribution in [1.29, 1.82) is 0 Å². The molecule has 3 rings (SSSR count). The Morgan fingerprint density at radius 2 is 2.03 bits per heavy atom. The molecule has 1 aromatic rings. The highest BCUT2D eigenvalue weighted by Crippen LogP contribution is 2.37. The summed E-state index contributed by atoms with van der Waals surface area (Å²) < 4.78 is 11.5. The van der Waals surface area contributed by atoms with E-state index in [9.17, 15) is 19.5 Å². The number of hydrogen-bond donors (Lipinski definition) is 1. The van der Waals surface area contributed by atoms with Crippen LogP contribution in [0.2, 0.25) is 0 Å². The Bertz CT molecular complexity index is 784. The Morgan fingerprint density at radius 3 is 2.66 bits per heavy atom. The monoisotopic (exact) mass is 403 g/mol. The van der Waals surface area contributed by atoms with Gasteiger partial charge in [-0.1, -0.05) is 19.1 Å². The first-order valence-electron chi connectivity index (χ1n) is 10.3. The lowest BCUT2D eigenvalue weighted by molar-refractivity contribution is -0.122. The van der Waals surface area contributed by atoms with Crippen molar-refractivity contribution >= 4 is 17.5 Å². The molecule has 2 aliphatic rings. The summed E-state index contributed by atoms with van der Waals surface area (Å²) in [6.07, 6.45) is 2.39. The molecule has 1 saturated heterocycles. The number of Topliss-reactive ketones (excluding diaryl/α,β-unsaturated/α-hetero) is 2. The van der Waals surface area contributed by atoms with Crippen LogP contribution in [-0.2, 0) is 27.5 Å². The SMILES string of the molecule is CCC(=O)CCC(C(C)=O)N1Cc2ccc(CO)c(OC3CCOCC3)c2C1=O. The first kappa shape index (κ1) is 21.5. The number of ether oxygens (including phenoxy) is 2. The summed E-state index contributed by atoms with van der Waals surface area (Å²) in [6, 6.07) is 2.94. The Balaban J connectivity index is 1.87.